The number of nitrogens with one attached hydrogen (secondary N) is 2. The maximum absolute atomic E-state index is 12.3. The molecule has 3 rings (SSSR count). The first-order valence-electron chi connectivity index (χ1n) is 9.22. The zero-order valence-corrected chi connectivity index (χ0v) is 16.1. The molecule has 2 aromatic rings. The van der Waals surface area contributed by atoms with Crippen LogP contribution in [0.4, 0.5) is 4.79 Å². The minimum absolute atomic E-state index is 0.194. The third-order valence-corrected chi connectivity index (χ3v) is 4.38. The Labute approximate surface area is 172 Å². The molecule has 0 aliphatic carbocycles. The number of imide groups is 1. The van der Waals surface area contributed by atoms with Crippen LogP contribution in [0, 0.1) is 0 Å². The van der Waals surface area contributed by atoms with E-state index >= 15 is 0 Å². The number of esters is 2. The van der Waals surface area contributed by atoms with E-state index in [1.54, 1.807) is 6.07 Å². The normalized spacial score (nSPS) is 14.7. The van der Waals surface area contributed by atoms with Gasteiger partial charge < -0.3 is 14.8 Å². The Morgan fingerprint density at radius 3 is 2.67 bits per heavy atom. The van der Waals surface area contributed by atoms with Crippen LogP contribution < -0.4 is 10.6 Å². The molecule has 1 heterocycles. The van der Waals surface area contributed by atoms with Crippen molar-refractivity contribution >= 4 is 23.9 Å². The van der Waals surface area contributed by atoms with Crippen molar-refractivity contribution in [3.63, 3.8) is 0 Å². The number of urea groups is 1. The van der Waals surface area contributed by atoms with Crippen molar-refractivity contribution in [1.82, 2.24) is 10.6 Å². The number of fused-ring (bicyclic) bond motifs is 1. The summed E-state index contributed by atoms with van der Waals surface area (Å²) in [5.74, 6) is -1.97. The molecule has 0 saturated carbocycles. The molecule has 30 heavy (non-hydrogen) atoms. The van der Waals surface area contributed by atoms with Crippen LogP contribution >= 0.6 is 0 Å². The van der Waals surface area contributed by atoms with Gasteiger partial charge in [0.1, 0.15) is 6.10 Å². The predicted octanol–water partition coefficient (Wildman–Crippen LogP) is 2.31. The van der Waals surface area contributed by atoms with E-state index < -0.39 is 36.6 Å². The molecule has 1 unspecified atom stereocenters. The Balaban J connectivity index is 1.63. The molecule has 3 amide bonds. The summed E-state index contributed by atoms with van der Waals surface area (Å²) < 4.78 is 10.4. The fourth-order valence-electron chi connectivity index (χ4n) is 2.96. The van der Waals surface area contributed by atoms with Gasteiger partial charge >= 0.3 is 18.0 Å². The zero-order chi connectivity index (χ0) is 21.5. The van der Waals surface area contributed by atoms with E-state index in [1.165, 1.54) is 18.2 Å². The number of amides is 3. The molecular formula is C22H20N2O6. The number of cyclic esters (lactones) is 1. The fourth-order valence-corrected chi connectivity index (χ4v) is 2.96. The van der Waals surface area contributed by atoms with Crippen LogP contribution in [0.1, 0.15) is 37.9 Å². The summed E-state index contributed by atoms with van der Waals surface area (Å²) >= 11 is 0. The average Bonchev–Trinajstić information content (AvgIpc) is 2.76. The summed E-state index contributed by atoms with van der Waals surface area (Å²) in [6.07, 6.45) is 1.42. The van der Waals surface area contributed by atoms with E-state index in [-0.39, 0.29) is 12.1 Å². The minimum Gasteiger partial charge on any atom is -0.454 e. The highest BCUT2D eigenvalue weighted by molar-refractivity contribution is 5.98. The third-order valence-electron chi connectivity index (χ3n) is 4.38. The second kappa shape index (κ2) is 9.51. The Kier molecular flexibility index (Phi) is 6.59. The monoisotopic (exact) mass is 408 g/mol. The number of ether oxygens (including phenoxy) is 2. The smallest absolute Gasteiger partial charge is 0.339 e. The second-order valence-corrected chi connectivity index (χ2v) is 6.50. The SMILES string of the molecule is C=CCNC(=O)NC(=O)COC(=O)c1ccc2c(c1)CC(c1ccccc1)OC2=O. The van der Waals surface area contributed by atoms with Crippen molar-refractivity contribution in [3.05, 3.63) is 83.4 Å². The van der Waals surface area contributed by atoms with Crippen LogP contribution in [0.5, 0.6) is 0 Å². The molecule has 2 aromatic carbocycles. The quantitative estimate of drug-likeness (QED) is 0.561. The van der Waals surface area contributed by atoms with Crippen molar-refractivity contribution in [1.29, 1.82) is 0 Å². The van der Waals surface area contributed by atoms with E-state index in [0.29, 0.717) is 17.5 Å². The van der Waals surface area contributed by atoms with Crippen molar-refractivity contribution < 1.29 is 28.7 Å². The lowest BCUT2D eigenvalue weighted by molar-refractivity contribution is -0.123. The van der Waals surface area contributed by atoms with Gasteiger partial charge in [-0.3, -0.25) is 10.1 Å². The maximum Gasteiger partial charge on any atom is 0.339 e. The largest absolute Gasteiger partial charge is 0.454 e. The van der Waals surface area contributed by atoms with E-state index in [4.69, 9.17) is 9.47 Å². The topological polar surface area (TPSA) is 111 Å². The van der Waals surface area contributed by atoms with E-state index in [1.807, 2.05) is 35.6 Å². The molecule has 0 aromatic heterocycles. The minimum atomic E-state index is -0.768. The highest BCUT2D eigenvalue weighted by Gasteiger charge is 2.28. The summed E-state index contributed by atoms with van der Waals surface area (Å²) in [6, 6.07) is 13.1. The number of rotatable bonds is 6. The summed E-state index contributed by atoms with van der Waals surface area (Å²) in [5.41, 5.74) is 2.09. The van der Waals surface area contributed by atoms with E-state index in [9.17, 15) is 19.2 Å². The predicted molar refractivity (Wildman–Crippen MR) is 107 cm³/mol. The molecular weight excluding hydrogens is 388 g/mol. The van der Waals surface area contributed by atoms with E-state index in [0.717, 1.165) is 5.56 Å². The molecule has 1 atom stereocenters. The van der Waals surface area contributed by atoms with Crippen molar-refractivity contribution in [2.75, 3.05) is 13.2 Å². The molecule has 8 heteroatoms. The number of hydrogen-bond acceptors (Lipinski definition) is 6. The molecule has 8 nitrogen and oxygen atoms in total. The zero-order valence-electron chi connectivity index (χ0n) is 16.1. The fraction of sp³-hybridized carbons (Fsp3) is 0.182. The van der Waals surface area contributed by atoms with Gasteiger partial charge in [0.15, 0.2) is 6.61 Å². The summed E-state index contributed by atoms with van der Waals surface area (Å²) in [4.78, 5) is 47.7. The summed E-state index contributed by atoms with van der Waals surface area (Å²) in [7, 11) is 0. The van der Waals surface area contributed by atoms with Gasteiger partial charge in [0.25, 0.3) is 5.91 Å². The molecule has 0 radical (unpaired) electrons. The maximum atomic E-state index is 12.3. The first-order chi connectivity index (χ1) is 14.5. The number of carbonyl (C=O) groups is 4. The van der Waals surface area contributed by atoms with Gasteiger partial charge in [0, 0.05) is 13.0 Å². The second-order valence-electron chi connectivity index (χ2n) is 6.50. The van der Waals surface area contributed by atoms with Gasteiger partial charge in [-0.2, -0.15) is 0 Å². The standard InChI is InChI=1S/C22H20N2O6/c1-2-10-23-22(28)24-19(25)13-29-20(26)15-8-9-17-16(11-15)12-18(30-21(17)27)14-6-4-3-5-7-14/h2-9,11,18H,1,10,12-13H2,(H2,23,24,25,28). The van der Waals surface area contributed by atoms with E-state index in [2.05, 4.69) is 11.9 Å². The first kappa shape index (κ1) is 20.8. The molecule has 2 N–H and O–H groups in total. The van der Waals surface area contributed by atoms with Crippen LogP contribution in [-0.4, -0.2) is 37.0 Å². The lowest BCUT2D eigenvalue weighted by Crippen LogP contribution is -2.41. The number of hydrogen-bond donors (Lipinski definition) is 2. The average molecular weight is 408 g/mol. The van der Waals surface area contributed by atoms with Crippen LogP contribution in [0.25, 0.3) is 0 Å². The summed E-state index contributed by atoms with van der Waals surface area (Å²) in [6.45, 7) is 3.01. The van der Waals surface area contributed by atoms with Gasteiger partial charge in [0.2, 0.25) is 0 Å². The molecule has 1 aliphatic rings. The van der Waals surface area contributed by atoms with Crippen molar-refractivity contribution in [2.45, 2.75) is 12.5 Å². The highest BCUT2D eigenvalue weighted by Crippen LogP contribution is 2.31. The Morgan fingerprint density at radius 1 is 1.17 bits per heavy atom. The first-order valence-corrected chi connectivity index (χ1v) is 9.22. The van der Waals surface area contributed by atoms with Crippen LogP contribution in [0.3, 0.4) is 0 Å². The van der Waals surface area contributed by atoms with Crippen LogP contribution in [0.2, 0.25) is 0 Å². The van der Waals surface area contributed by atoms with Crippen LogP contribution in [0.15, 0.2) is 61.2 Å². The van der Waals surface area contributed by atoms with Crippen LogP contribution in [-0.2, 0) is 20.7 Å². The molecule has 0 bridgehead atoms. The summed E-state index contributed by atoms with van der Waals surface area (Å²) in [5, 5.41) is 4.39. The number of carbonyl (C=O) groups excluding carboxylic acids is 4. The number of benzene rings is 2. The van der Waals surface area contributed by atoms with Gasteiger partial charge in [-0.15, -0.1) is 6.58 Å². The van der Waals surface area contributed by atoms with Crippen molar-refractivity contribution in [3.8, 4) is 0 Å². The molecule has 0 spiro atoms. The van der Waals surface area contributed by atoms with Gasteiger partial charge in [-0.25, -0.2) is 14.4 Å². The Morgan fingerprint density at radius 2 is 1.93 bits per heavy atom. The molecule has 154 valence electrons. The highest BCUT2D eigenvalue weighted by atomic mass is 16.5. The molecule has 0 fully saturated rings. The van der Waals surface area contributed by atoms with Gasteiger partial charge in [0.05, 0.1) is 11.1 Å². The van der Waals surface area contributed by atoms with Gasteiger partial charge in [-0.1, -0.05) is 36.4 Å². The lowest BCUT2D eigenvalue weighted by Gasteiger charge is -2.25. The third kappa shape index (κ3) is 5.11. The molecule has 1 aliphatic heterocycles. The Hall–Kier alpha value is -3.94. The van der Waals surface area contributed by atoms with Gasteiger partial charge in [-0.05, 0) is 29.3 Å². The lowest BCUT2D eigenvalue weighted by atomic mass is 9.93. The van der Waals surface area contributed by atoms with Crippen molar-refractivity contribution in [2.24, 2.45) is 0 Å². The molecule has 0 saturated heterocycles. The Bertz CT molecular complexity index is 986.